The first kappa shape index (κ1) is 15.1. The Hall–Kier alpha value is -0.280. The van der Waals surface area contributed by atoms with Crippen LogP contribution in [0.5, 0.6) is 0 Å². The second-order valence-electron chi connectivity index (χ2n) is 6.63. The molecule has 0 radical (unpaired) electrons. The van der Waals surface area contributed by atoms with Crippen molar-refractivity contribution < 1.29 is 0 Å². The van der Waals surface area contributed by atoms with Gasteiger partial charge in [-0.1, -0.05) is 50.9 Å². The first-order chi connectivity index (χ1) is 8.71. The Labute approximate surface area is 125 Å². The zero-order valence-electron chi connectivity index (χ0n) is 11.9. The van der Waals surface area contributed by atoms with E-state index in [0.717, 1.165) is 17.0 Å². The summed E-state index contributed by atoms with van der Waals surface area (Å²) >= 11 is 12.3. The van der Waals surface area contributed by atoms with Gasteiger partial charge in [-0.25, -0.2) is 0 Å². The molecule has 19 heavy (non-hydrogen) atoms. The van der Waals surface area contributed by atoms with E-state index >= 15 is 0 Å². The molecule has 1 aromatic carbocycles. The van der Waals surface area contributed by atoms with Crippen molar-refractivity contribution in [3.8, 4) is 0 Å². The van der Waals surface area contributed by atoms with Crippen LogP contribution in [0.25, 0.3) is 0 Å². The zero-order valence-corrected chi connectivity index (χ0v) is 13.4. The van der Waals surface area contributed by atoms with Crippen LogP contribution in [-0.4, -0.2) is 6.04 Å². The lowest BCUT2D eigenvalue weighted by molar-refractivity contribution is 0.402. The highest BCUT2D eigenvalue weighted by atomic mass is 35.5. The van der Waals surface area contributed by atoms with Crippen LogP contribution in [0.3, 0.4) is 0 Å². The van der Waals surface area contributed by atoms with E-state index in [2.05, 4.69) is 33.1 Å². The predicted molar refractivity (Wildman–Crippen MR) is 82.3 cm³/mol. The molecular formula is C15H22Cl2N2. The second-order valence-corrected chi connectivity index (χ2v) is 7.48. The maximum atomic E-state index is 6.24. The maximum absolute atomic E-state index is 6.24. The van der Waals surface area contributed by atoms with Crippen LogP contribution >= 0.6 is 23.2 Å². The van der Waals surface area contributed by atoms with Gasteiger partial charge in [-0.2, -0.15) is 0 Å². The molecule has 0 bridgehead atoms. The third-order valence-electron chi connectivity index (χ3n) is 5.20. The molecule has 0 aliphatic heterocycles. The summed E-state index contributed by atoms with van der Waals surface area (Å²) < 4.78 is 0. The van der Waals surface area contributed by atoms with Crippen molar-refractivity contribution in [2.24, 2.45) is 22.6 Å². The zero-order chi connectivity index (χ0) is 14.4. The third-order valence-corrected chi connectivity index (χ3v) is 5.80. The number of hydrogen-bond acceptors (Lipinski definition) is 2. The van der Waals surface area contributed by atoms with E-state index in [-0.39, 0.29) is 16.9 Å². The van der Waals surface area contributed by atoms with Crippen molar-refractivity contribution in [1.29, 1.82) is 0 Å². The van der Waals surface area contributed by atoms with E-state index < -0.39 is 0 Å². The molecule has 1 saturated carbocycles. The van der Waals surface area contributed by atoms with Gasteiger partial charge in [0.2, 0.25) is 0 Å². The predicted octanol–water partition coefficient (Wildman–Crippen LogP) is 4.05. The van der Waals surface area contributed by atoms with Crippen LogP contribution in [0.15, 0.2) is 18.2 Å². The van der Waals surface area contributed by atoms with Gasteiger partial charge >= 0.3 is 0 Å². The Balaban J connectivity index is 2.20. The Morgan fingerprint density at radius 1 is 1.21 bits per heavy atom. The quantitative estimate of drug-likeness (QED) is 0.650. The molecule has 0 aromatic heterocycles. The molecule has 1 aliphatic rings. The summed E-state index contributed by atoms with van der Waals surface area (Å²) in [7, 11) is 0. The second kappa shape index (κ2) is 4.92. The lowest BCUT2D eigenvalue weighted by Crippen LogP contribution is -2.40. The number of benzene rings is 1. The Kier molecular flexibility index (Phi) is 3.92. The first-order valence-corrected chi connectivity index (χ1v) is 7.37. The van der Waals surface area contributed by atoms with E-state index in [4.69, 9.17) is 29.0 Å². The first-order valence-electron chi connectivity index (χ1n) is 6.62. The molecule has 0 amide bonds. The molecule has 1 fully saturated rings. The maximum Gasteiger partial charge on any atom is 0.0439 e. The van der Waals surface area contributed by atoms with E-state index in [1.807, 2.05) is 18.2 Å². The minimum absolute atomic E-state index is 0.209. The van der Waals surface area contributed by atoms with E-state index in [1.54, 1.807) is 0 Å². The average Bonchev–Trinajstić information content (AvgIpc) is 2.72. The van der Waals surface area contributed by atoms with Gasteiger partial charge in [0.05, 0.1) is 0 Å². The summed E-state index contributed by atoms with van der Waals surface area (Å²) in [6.45, 7) is 9.17. The van der Waals surface area contributed by atoms with Crippen molar-refractivity contribution >= 4 is 23.2 Å². The largest absolute Gasteiger partial charge is 0.271 e. The van der Waals surface area contributed by atoms with Gasteiger partial charge in [-0.15, -0.1) is 0 Å². The molecule has 1 atom stereocenters. The molecule has 106 valence electrons. The fourth-order valence-corrected chi connectivity index (χ4v) is 3.85. The lowest BCUT2D eigenvalue weighted by Gasteiger charge is -2.19. The van der Waals surface area contributed by atoms with Crippen LogP contribution in [0.1, 0.15) is 33.3 Å². The summed E-state index contributed by atoms with van der Waals surface area (Å²) in [5, 5.41) is 1.46. The summed E-state index contributed by atoms with van der Waals surface area (Å²) in [6.07, 6.45) is 0.799. The number of halogens is 2. The van der Waals surface area contributed by atoms with Crippen LogP contribution in [0.2, 0.25) is 10.0 Å². The summed E-state index contributed by atoms with van der Waals surface area (Å²) in [5.41, 5.74) is 4.59. The fourth-order valence-electron chi connectivity index (χ4n) is 3.46. The minimum atomic E-state index is 0.209. The fraction of sp³-hybridized carbons (Fsp3) is 0.600. The number of nitrogens with one attached hydrogen (secondary N) is 1. The molecule has 1 aliphatic carbocycles. The van der Waals surface area contributed by atoms with Gasteiger partial charge in [0.25, 0.3) is 0 Å². The van der Waals surface area contributed by atoms with Gasteiger partial charge < -0.3 is 0 Å². The van der Waals surface area contributed by atoms with Crippen LogP contribution in [0.4, 0.5) is 0 Å². The number of hydrogen-bond donors (Lipinski definition) is 2. The highest BCUT2D eigenvalue weighted by molar-refractivity contribution is 6.33. The molecule has 0 spiro atoms. The smallest absolute Gasteiger partial charge is 0.0439 e. The molecular weight excluding hydrogens is 279 g/mol. The van der Waals surface area contributed by atoms with Gasteiger partial charge in [0.1, 0.15) is 0 Å². The van der Waals surface area contributed by atoms with E-state index in [1.165, 1.54) is 0 Å². The SMILES string of the molecule is CC1(C)C(C(Cc2cc(Cl)ccc2Cl)NN)C1(C)C. The van der Waals surface area contributed by atoms with Gasteiger partial charge in [-0.3, -0.25) is 11.3 Å². The molecule has 1 aromatic rings. The van der Waals surface area contributed by atoms with Crippen molar-refractivity contribution in [2.75, 3.05) is 0 Å². The van der Waals surface area contributed by atoms with Crippen molar-refractivity contribution in [3.63, 3.8) is 0 Å². The van der Waals surface area contributed by atoms with Crippen molar-refractivity contribution in [1.82, 2.24) is 5.43 Å². The Bertz CT molecular complexity index is 469. The summed E-state index contributed by atoms with van der Waals surface area (Å²) in [6, 6.07) is 5.79. The normalized spacial score (nSPS) is 22.3. The minimum Gasteiger partial charge on any atom is -0.271 e. The monoisotopic (exact) mass is 300 g/mol. The van der Waals surface area contributed by atoms with E-state index in [0.29, 0.717) is 10.9 Å². The molecule has 2 rings (SSSR count). The van der Waals surface area contributed by atoms with E-state index in [9.17, 15) is 0 Å². The molecule has 0 heterocycles. The van der Waals surface area contributed by atoms with Crippen LogP contribution in [0, 0.1) is 16.7 Å². The molecule has 2 nitrogen and oxygen atoms in total. The summed E-state index contributed by atoms with van der Waals surface area (Å²) in [5.74, 6) is 6.29. The van der Waals surface area contributed by atoms with Gasteiger partial charge in [-0.05, 0) is 46.9 Å². The van der Waals surface area contributed by atoms with Crippen molar-refractivity contribution in [2.45, 2.75) is 40.2 Å². The summed E-state index contributed by atoms with van der Waals surface area (Å²) in [4.78, 5) is 0. The highest BCUT2D eigenvalue weighted by Gasteiger charge is 2.66. The molecule has 3 N–H and O–H groups in total. The molecule has 0 saturated heterocycles. The number of hydrazine groups is 1. The van der Waals surface area contributed by atoms with Crippen LogP contribution in [-0.2, 0) is 6.42 Å². The Morgan fingerprint density at radius 3 is 2.26 bits per heavy atom. The Morgan fingerprint density at radius 2 is 1.79 bits per heavy atom. The average molecular weight is 301 g/mol. The van der Waals surface area contributed by atoms with Gasteiger partial charge in [0.15, 0.2) is 0 Å². The standard InChI is InChI=1S/C15H22Cl2N2/c1-14(2)13(15(14,3)4)12(19-18)8-9-7-10(16)5-6-11(9)17/h5-7,12-13,19H,8,18H2,1-4H3. The number of rotatable bonds is 4. The lowest BCUT2D eigenvalue weighted by atomic mass is 9.97. The number of nitrogens with two attached hydrogens (primary N) is 1. The molecule has 1 unspecified atom stereocenters. The van der Waals surface area contributed by atoms with Crippen LogP contribution < -0.4 is 11.3 Å². The topological polar surface area (TPSA) is 38.0 Å². The van der Waals surface area contributed by atoms with Gasteiger partial charge in [0, 0.05) is 16.1 Å². The molecule has 4 heteroatoms. The van der Waals surface area contributed by atoms with Crippen molar-refractivity contribution in [3.05, 3.63) is 33.8 Å². The highest BCUT2D eigenvalue weighted by Crippen LogP contribution is 2.69. The third kappa shape index (κ3) is 2.52.